The Balaban J connectivity index is 1.73. The molecule has 1 heterocycles. The van der Waals surface area contributed by atoms with E-state index in [1.54, 1.807) is 18.2 Å². The minimum atomic E-state index is -0.422. The van der Waals surface area contributed by atoms with Crippen molar-refractivity contribution in [2.24, 2.45) is 5.92 Å². The van der Waals surface area contributed by atoms with Crippen LogP contribution in [0.1, 0.15) is 12.0 Å². The van der Waals surface area contributed by atoms with Crippen molar-refractivity contribution < 1.29 is 9.59 Å². The molecule has 0 bridgehead atoms. The average molecular weight is 363 g/mol. The Kier molecular flexibility index (Phi) is 4.78. The molecule has 4 nitrogen and oxygen atoms in total. The molecule has 0 unspecified atom stereocenters. The highest BCUT2D eigenvalue weighted by molar-refractivity contribution is 6.36. The third-order valence-corrected chi connectivity index (χ3v) is 4.57. The first kappa shape index (κ1) is 16.8. The first-order valence-electron chi connectivity index (χ1n) is 7.57. The number of nitrogens with one attached hydrogen (secondary N) is 1. The third-order valence-electron chi connectivity index (χ3n) is 4.01. The van der Waals surface area contributed by atoms with Crippen LogP contribution in [0.5, 0.6) is 0 Å². The molecule has 0 radical (unpaired) electrons. The van der Waals surface area contributed by atoms with E-state index in [1.165, 1.54) is 4.90 Å². The second-order valence-corrected chi connectivity index (χ2v) is 6.70. The minimum absolute atomic E-state index is 0.136. The molecule has 3 rings (SSSR count). The summed E-state index contributed by atoms with van der Waals surface area (Å²) in [6.45, 7) is 2.27. The molecular weight excluding hydrogens is 347 g/mol. The molecule has 1 fully saturated rings. The molecule has 2 aromatic rings. The summed E-state index contributed by atoms with van der Waals surface area (Å²) in [6, 6.07) is 12.5. The van der Waals surface area contributed by atoms with Crippen molar-refractivity contribution >= 4 is 46.4 Å². The molecule has 24 heavy (non-hydrogen) atoms. The van der Waals surface area contributed by atoms with Crippen LogP contribution in [0, 0.1) is 12.8 Å². The van der Waals surface area contributed by atoms with Crippen LogP contribution >= 0.6 is 23.2 Å². The van der Waals surface area contributed by atoms with Gasteiger partial charge in [0.05, 0.1) is 16.6 Å². The zero-order chi connectivity index (χ0) is 17.3. The molecule has 1 saturated heterocycles. The Bertz CT molecular complexity index is 790. The maximum atomic E-state index is 12.4. The van der Waals surface area contributed by atoms with Gasteiger partial charge in [0, 0.05) is 23.7 Å². The summed E-state index contributed by atoms with van der Waals surface area (Å²) in [5.41, 5.74) is 2.38. The Morgan fingerprint density at radius 3 is 2.58 bits per heavy atom. The number of rotatable bonds is 3. The van der Waals surface area contributed by atoms with E-state index in [1.807, 2.05) is 31.2 Å². The van der Waals surface area contributed by atoms with Crippen molar-refractivity contribution in [2.75, 3.05) is 16.8 Å². The summed E-state index contributed by atoms with van der Waals surface area (Å²) in [4.78, 5) is 26.2. The van der Waals surface area contributed by atoms with E-state index in [2.05, 4.69) is 5.32 Å². The number of halogens is 2. The van der Waals surface area contributed by atoms with Crippen LogP contribution in [-0.4, -0.2) is 18.4 Å². The predicted molar refractivity (Wildman–Crippen MR) is 96.7 cm³/mol. The summed E-state index contributed by atoms with van der Waals surface area (Å²) < 4.78 is 0. The molecule has 1 aliphatic rings. The molecule has 124 valence electrons. The first-order chi connectivity index (χ1) is 11.4. The average Bonchev–Trinajstić information content (AvgIpc) is 2.94. The highest BCUT2D eigenvalue weighted by atomic mass is 35.5. The molecule has 0 spiro atoms. The lowest BCUT2D eigenvalue weighted by molar-refractivity contribution is -0.122. The lowest BCUT2D eigenvalue weighted by atomic mass is 10.1. The van der Waals surface area contributed by atoms with E-state index >= 15 is 0 Å². The third kappa shape index (κ3) is 3.55. The minimum Gasteiger partial charge on any atom is -0.326 e. The topological polar surface area (TPSA) is 49.4 Å². The second kappa shape index (κ2) is 6.83. The highest BCUT2D eigenvalue weighted by Gasteiger charge is 2.36. The van der Waals surface area contributed by atoms with Gasteiger partial charge in [0.1, 0.15) is 0 Å². The predicted octanol–water partition coefficient (Wildman–Crippen LogP) is 4.29. The van der Waals surface area contributed by atoms with Crippen LogP contribution in [0.2, 0.25) is 10.0 Å². The Hall–Kier alpha value is -2.04. The van der Waals surface area contributed by atoms with Crippen molar-refractivity contribution in [3.05, 3.63) is 58.1 Å². The van der Waals surface area contributed by atoms with E-state index in [0.717, 1.165) is 11.3 Å². The zero-order valence-electron chi connectivity index (χ0n) is 13.1. The molecule has 0 aliphatic carbocycles. The summed E-state index contributed by atoms with van der Waals surface area (Å²) >= 11 is 12.1. The number of carbonyl (C=O) groups is 2. The van der Waals surface area contributed by atoms with Gasteiger partial charge in [-0.15, -0.1) is 0 Å². The number of benzene rings is 2. The van der Waals surface area contributed by atoms with Gasteiger partial charge in [-0.1, -0.05) is 40.9 Å². The van der Waals surface area contributed by atoms with E-state index in [9.17, 15) is 9.59 Å². The molecule has 0 saturated carbocycles. The van der Waals surface area contributed by atoms with E-state index in [0.29, 0.717) is 15.7 Å². The second-order valence-electron chi connectivity index (χ2n) is 5.86. The number of amides is 2. The first-order valence-corrected chi connectivity index (χ1v) is 8.32. The largest absolute Gasteiger partial charge is 0.326 e. The van der Waals surface area contributed by atoms with Crippen LogP contribution in [0.4, 0.5) is 11.4 Å². The molecule has 2 aromatic carbocycles. The Morgan fingerprint density at radius 1 is 1.17 bits per heavy atom. The smallest absolute Gasteiger partial charge is 0.229 e. The van der Waals surface area contributed by atoms with E-state index < -0.39 is 5.92 Å². The van der Waals surface area contributed by atoms with E-state index in [-0.39, 0.29) is 24.8 Å². The highest BCUT2D eigenvalue weighted by Crippen LogP contribution is 2.33. The van der Waals surface area contributed by atoms with Gasteiger partial charge < -0.3 is 10.2 Å². The molecule has 0 aromatic heterocycles. The summed E-state index contributed by atoms with van der Waals surface area (Å²) in [7, 11) is 0. The monoisotopic (exact) mass is 362 g/mol. The van der Waals surface area contributed by atoms with Crippen molar-refractivity contribution in [1.82, 2.24) is 0 Å². The normalized spacial score (nSPS) is 17.2. The van der Waals surface area contributed by atoms with Gasteiger partial charge in [0.25, 0.3) is 0 Å². The van der Waals surface area contributed by atoms with Crippen LogP contribution in [0.15, 0.2) is 42.5 Å². The quantitative estimate of drug-likeness (QED) is 0.884. The van der Waals surface area contributed by atoms with Crippen LogP contribution < -0.4 is 10.2 Å². The Labute approximate surface area is 150 Å². The molecule has 6 heteroatoms. The number of anilines is 2. The summed E-state index contributed by atoms with van der Waals surface area (Å²) in [6.07, 6.45) is 0.153. The fourth-order valence-corrected chi connectivity index (χ4v) is 3.08. The lowest BCUT2D eigenvalue weighted by Crippen LogP contribution is -2.28. The van der Waals surface area contributed by atoms with Gasteiger partial charge in [0.15, 0.2) is 0 Å². The van der Waals surface area contributed by atoms with Crippen LogP contribution in [-0.2, 0) is 9.59 Å². The van der Waals surface area contributed by atoms with Gasteiger partial charge in [-0.25, -0.2) is 0 Å². The van der Waals surface area contributed by atoms with E-state index in [4.69, 9.17) is 23.2 Å². The number of hydrogen-bond donors (Lipinski definition) is 1. The van der Waals surface area contributed by atoms with Crippen LogP contribution in [0.3, 0.4) is 0 Å². The fraction of sp³-hybridized carbons (Fsp3) is 0.222. The molecular formula is C18H16Cl2N2O2. The number of aryl methyl sites for hydroxylation is 1. The lowest BCUT2D eigenvalue weighted by Gasteiger charge is -2.18. The SMILES string of the molecule is Cc1ccc(NC(=O)[C@H]2CC(=O)N(c3cc(Cl)ccc3Cl)C2)cc1. The van der Waals surface area contributed by atoms with Gasteiger partial charge in [-0.3, -0.25) is 9.59 Å². The van der Waals surface area contributed by atoms with Gasteiger partial charge >= 0.3 is 0 Å². The molecule has 2 amide bonds. The summed E-state index contributed by atoms with van der Waals surface area (Å²) in [5, 5.41) is 3.79. The van der Waals surface area contributed by atoms with Crippen molar-refractivity contribution in [1.29, 1.82) is 0 Å². The van der Waals surface area contributed by atoms with Gasteiger partial charge in [-0.05, 0) is 37.3 Å². The van der Waals surface area contributed by atoms with Crippen molar-refractivity contribution in [3.8, 4) is 0 Å². The zero-order valence-corrected chi connectivity index (χ0v) is 14.6. The Morgan fingerprint density at radius 2 is 1.88 bits per heavy atom. The molecule has 1 N–H and O–H groups in total. The van der Waals surface area contributed by atoms with Gasteiger partial charge in [0.2, 0.25) is 11.8 Å². The standard InChI is InChI=1S/C18H16Cl2N2O2/c1-11-2-5-14(6-3-11)21-18(24)12-8-17(23)22(10-12)16-9-13(19)4-7-15(16)20/h2-7,9,12H,8,10H2,1H3,(H,21,24)/t12-/m0/s1. The van der Waals surface area contributed by atoms with Gasteiger partial charge in [-0.2, -0.15) is 0 Å². The fourth-order valence-electron chi connectivity index (χ4n) is 2.69. The number of hydrogen-bond acceptors (Lipinski definition) is 2. The van der Waals surface area contributed by atoms with Crippen LogP contribution in [0.25, 0.3) is 0 Å². The molecule has 1 aliphatic heterocycles. The van der Waals surface area contributed by atoms with Crippen molar-refractivity contribution in [3.63, 3.8) is 0 Å². The number of carbonyl (C=O) groups excluding carboxylic acids is 2. The maximum Gasteiger partial charge on any atom is 0.229 e. The van der Waals surface area contributed by atoms with Crippen molar-refractivity contribution in [2.45, 2.75) is 13.3 Å². The maximum absolute atomic E-state index is 12.4. The molecule has 1 atom stereocenters. The number of nitrogens with zero attached hydrogens (tertiary/aromatic N) is 1. The summed E-state index contributed by atoms with van der Waals surface area (Å²) in [5.74, 6) is -0.732.